The van der Waals surface area contributed by atoms with Crippen LogP contribution >= 0.6 is 0 Å². The van der Waals surface area contributed by atoms with Crippen LogP contribution in [-0.4, -0.2) is 42.0 Å². The number of unbranched alkanes of at least 4 members (excludes halogenated alkanes) is 4. The Morgan fingerprint density at radius 3 is 2.48 bits per heavy atom. The molecule has 3 rings (SSSR count). The summed E-state index contributed by atoms with van der Waals surface area (Å²) in [7, 11) is -2.79. The maximum absolute atomic E-state index is 12.7. The average molecular weight is 443 g/mol. The molecule has 1 aliphatic heterocycles. The number of carbonyl (C=O) groups excluding carboxylic acids is 1. The van der Waals surface area contributed by atoms with Crippen molar-refractivity contribution in [2.75, 3.05) is 42.1 Å². The molecule has 0 spiro atoms. The van der Waals surface area contributed by atoms with Crippen molar-refractivity contribution in [1.29, 1.82) is 4.78 Å². The monoisotopic (exact) mass is 442 g/mol. The van der Waals surface area contributed by atoms with E-state index in [1.807, 2.05) is 24.3 Å². The second-order valence-electron chi connectivity index (χ2n) is 8.06. The maximum Gasteiger partial charge on any atom is 0.255 e. The minimum absolute atomic E-state index is 0.174. The number of amides is 1. The van der Waals surface area contributed by atoms with E-state index in [9.17, 15) is 9.00 Å². The summed E-state index contributed by atoms with van der Waals surface area (Å²) in [4.78, 5) is 15.5. The lowest BCUT2D eigenvalue weighted by Gasteiger charge is -2.29. The fraction of sp³-hybridized carbons (Fsp3) is 0.458. The molecule has 0 aromatic heterocycles. The molecule has 3 N–H and O–H groups in total. The Kier molecular flexibility index (Phi) is 8.49. The van der Waals surface area contributed by atoms with E-state index in [0.29, 0.717) is 21.9 Å². The predicted octanol–water partition coefficient (Wildman–Crippen LogP) is 4.72. The molecule has 2 aromatic rings. The number of nitrogens with one attached hydrogen (secondary N) is 3. The zero-order valence-corrected chi connectivity index (χ0v) is 19.2. The Hall–Kier alpha value is -2.38. The van der Waals surface area contributed by atoms with Crippen LogP contribution in [0.4, 0.5) is 11.4 Å². The largest absolute Gasteiger partial charge is 0.369 e. The first-order valence-corrected chi connectivity index (χ1v) is 13.0. The van der Waals surface area contributed by atoms with E-state index in [1.165, 1.54) is 12.8 Å². The Balaban J connectivity index is 1.58. The lowest BCUT2D eigenvalue weighted by molar-refractivity contribution is 0.102. The minimum Gasteiger partial charge on any atom is -0.369 e. The van der Waals surface area contributed by atoms with Crippen molar-refractivity contribution in [3.63, 3.8) is 0 Å². The Labute approximate surface area is 186 Å². The number of rotatable bonds is 10. The number of carbonyl (C=O) groups is 1. The van der Waals surface area contributed by atoms with Crippen LogP contribution in [-0.2, 0) is 9.73 Å². The Morgan fingerprint density at radius 2 is 1.77 bits per heavy atom. The number of anilines is 2. The third kappa shape index (κ3) is 6.80. The van der Waals surface area contributed by atoms with E-state index in [-0.39, 0.29) is 5.91 Å². The summed E-state index contributed by atoms with van der Waals surface area (Å²) in [6, 6.07) is 14.5. The summed E-state index contributed by atoms with van der Waals surface area (Å²) in [6.45, 7) is 5.91. The van der Waals surface area contributed by atoms with E-state index < -0.39 is 9.73 Å². The molecule has 1 fully saturated rings. The van der Waals surface area contributed by atoms with Crippen LogP contribution in [0.25, 0.3) is 0 Å². The topological polar surface area (TPSA) is 85.3 Å². The molecule has 1 atom stereocenters. The van der Waals surface area contributed by atoms with Crippen molar-refractivity contribution in [2.45, 2.75) is 43.9 Å². The molecular weight excluding hydrogens is 408 g/mol. The van der Waals surface area contributed by atoms with Gasteiger partial charge >= 0.3 is 0 Å². The van der Waals surface area contributed by atoms with Crippen molar-refractivity contribution in [2.24, 2.45) is 0 Å². The second kappa shape index (κ2) is 11.3. The molecule has 0 saturated carbocycles. The second-order valence-corrected chi connectivity index (χ2v) is 10.3. The SMILES string of the molecule is CCCCCCCS(=N)(=O)c1ccc(NC(=O)c2cccc(N3CCNCC3)c2)cc1. The van der Waals surface area contributed by atoms with E-state index in [0.717, 1.165) is 51.1 Å². The fourth-order valence-electron chi connectivity index (χ4n) is 3.75. The zero-order valence-electron chi connectivity index (χ0n) is 18.4. The quantitative estimate of drug-likeness (QED) is 0.465. The van der Waals surface area contributed by atoms with Crippen molar-refractivity contribution in [3.05, 3.63) is 54.1 Å². The van der Waals surface area contributed by atoms with Crippen LogP contribution in [0.1, 0.15) is 49.4 Å². The molecule has 0 aliphatic carbocycles. The van der Waals surface area contributed by atoms with Crippen LogP contribution < -0.4 is 15.5 Å². The van der Waals surface area contributed by atoms with Crippen LogP contribution in [0.2, 0.25) is 0 Å². The summed E-state index contributed by atoms with van der Waals surface area (Å²) >= 11 is 0. The molecule has 31 heavy (non-hydrogen) atoms. The molecular formula is C24H34N4O2S. The first-order chi connectivity index (χ1) is 15.0. The third-order valence-corrected chi connectivity index (χ3v) is 7.52. The standard InChI is InChI=1S/C24H34N4O2S/c1-2-3-4-5-6-18-31(25,30)23-12-10-21(11-13-23)27-24(29)20-8-7-9-22(19-20)28-16-14-26-15-17-28/h7-13,19,25-26H,2-6,14-18H2,1H3,(H,27,29). The predicted molar refractivity (Wildman–Crippen MR) is 129 cm³/mol. The molecule has 7 heteroatoms. The lowest BCUT2D eigenvalue weighted by Crippen LogP contribution is -2.43. The highest BCUT2D eigenvalue weighted by atomic mass is 32.2. The van der Waals surface area contributed by atoms with Gasteiger partial charge in [0, 0.05) is 53.8 Å². The van der Waals surface area contributed by atoms with Gasteiger partial charge in [-0.15, -0.1) is 0 Å². The molecule has 0 radical (unpaired) electrons. The van der Waals surface area contributed by atoms with Gasteiger partial charge in [0.1, 0.15) is 0 Å². The Bertz CT molecular complexity index is 952. The minimum atomic E-state index is -2.79. The van der Waals surface area contributed by atoms with E-state index in [4.69, 9.17) is 4.78 Å². The van der Waals surface area contributed by atoms with Gasteiger partial charge in [-0.25, -0.2) is 8.99 Å². The Morgan fingerprint density at radius 1 is 1.06 bits per heavy atom. The van der Waals surface area contributed by atoms with Gasteiger partial charge in [0.25, 0.3) is 5.91 Å². The van der Waals surface area contributed by atoms with Gasteiger partial charge in [-0.05, 0) is 48.9 Å². The van der Waals surface area contributed by atoms with Crippen molar-refractivity contribution >= 4 is 27.0 Å². The van der Waals surface area contributed by atoms with Crippen LogP contribution in [0.5, 0.6) is 0 Å². The zero-order chi connectivity index (χ0) is 22.1. The van der Waals surface area contributed by atoms with Gasteiger partial charge in [0.05, 0.1) is 9.73 Å². The van der Waals surface area contributed by atoms with Crippen LogP contribution in [0.3, 0.4) is 0 Å². The molecule has 1 saturated heterocycles. The van der Waals surface area contributed by atoms with Crippen molar-refractivity contribution in [3.8, 4) is 0 Å². The van der Waals surface area contributed by atoms with E-state index in [1.54, 1.807) is 24.3 Å². The van der Waals surface area contributed by atoms with E-state index >= 15 is 0 Å². The smallest absolute Gasteiger partial charge is 0.255 e. The fourth-order valence-corrected chi connectivity index (χ4v) is 5.18. The number of nitrogens with zero attached hydrogens (tertiary/aromatic N) is 1. The number of hydrogen-bond acceptors (Lipinski definition) is 5. The summed E-state index contributed by atoms with van der Waals surface area (Å²) in [6.07, 6.45) is 5.32. The summed E-state index contributed by atoms with van der Waals surface area (Å²) in [5.41, 5.74) is 2.30. The summed E-state index contributed by atoms with van der Waals surface area (Å²) in [5, 5.41) is 6.24. The first-order valence-electron chi connectivity index (χ1n) is 11.2. The number of hydrogen-bond donors (Lipinski definition) is 3. The van der Waals surface area contributed by atoms with Gasteiger partial charge in [-0.1, -0.05) is 38.7 Å². The highest BCUT2D eigenvalue weighted by Crippen LogP contribution is 2.20. The first kappa shape index (κ1) is 23.3. The third-order valence-electron chi connectivity index (χ3n) is 5.62. The number of piperazine rings is 1. The summed E-state index contributed by atoms with van der Waals surface area (Å²) in [5.74, 6) is 0.216. The molecule has 1 aliphatic rings. The van der Waals surface area contributed by atoms with Gasteiger partial charge in [0.15, 0.2) is 0 Å². The molecule has 1 heterocycles. The molecule has 0 bridgehead atoms. The molecule has 1 amide bonds. The normalized spacial score (nSPS) is 16.0. The number of benzene rings is 2. The van der Waals surface area contributed by atoms with Gasteiger partial charge in [-0.2, -0.15) is 0 Å². The molecule has 168 valence electrons. The van der Waals surface area contributed by atoms with Crippen molar-refractivity contribution in [1.82, 2.24) is 5.32 Å². The van der Waals surface area contributed by atoms with Crippen LogP contribution in [0.15, 0.2) is 53.4 Å². The molecule has 1 unspecified atom stereocenters. The lowest BCUT2D eigenvalue weighted by atomic mass is 10.1. The van der Waals surface area contributed by atoms with Gasteiger partial charge in [0.2, 0.25) is 0 Å². The van der Waals surface area contributed by atoms with Crippen LogP contribution in [0, 0.1) is 4.78 Å². The molecule has 6 nitrogen and oxygen atoms in total. The van der Waals surface area contributed by atoms with Gasteiger partial charge in [-0.3, -0.25) is 4.79 Å². The average Bonchev–Trinajstić information content (AvgIpc) is 2.80. The molecule has 2 aromatic carbocycles. The maximum atomic E-state index is 12.7. The summed E-state index contributed by atoms with van der Waals surface area (Å²) < 4.78 is 21.0. The van der Waals surface area contributed by atoms with Gasteiger partial charge < -0.3 is 15.5 Å². The highest BCUT2D eigenvalue weighted by Gasteiger charge is 2.14. The van der Waals surface area contributed by atoms with Crippen molar-refractivity contribution < 1.29 is 9.00 Å². The van der Waals surface area contributed by atoms with E-state index in [2.05, 4.69) is 22.5 Å². The highest BCUT2D eigenvalue weighted by molar-refractivity contribution is 7.92.